The van der Waals surface area contributed by atoms with Crippen molar-refractivity contribution in [1.82, 2.24) is 0 Å². The molecule has 8 heavy (non-hydrogen) atoms. The highest BCUT2D eigenvalue weighted by Gasteiger charge is 1.81. The van der Waals surface area contributed by atoms with Gasteiger partial charge in [-0.3, -0.25) is 9.96 Å². The molecule has 0 aliphatic heterocycles. The highest BCUT2D eigenvalue weighted by atomic mass is 32.2. The Kier molecular flexibility index (Phi) is 5.89. The smallest absolute Gasteiger partial charge is 0.261 e. The number of nitrogens with one attached hydrogen (secondary N) is 1. The molecule has 0 spiro atoms. The molecule has 0 radical (unpaired) electrons. The van der Waals surface area contributed by atoms with Crippen LogP contribution in [-0.2, 0) is 10.1 Å². The number of hydrogen-bond acceptors (Lipinski definition) is 3. The molecule has 0 aromatic heterocycles. The minimum atomic E-state index is -3.67. The lowest BCUT2D eigenvalue weighted by molar-refractivity contribution is 0.490. The zero-order valence-corrected chi connectivity index (χ0v) is 5.14. The lowest BCUT2D eigenvalue weighted by atomic mass is 11.4. The molecular formula is C2H8N2O3S. The first-order chi connectivity index (χ1) is 3.41. The summed E-state index contributed by atoms with van der Waals surface area (Å²) in [4.78, 5) is 0. The van der Waals surface area contributed by atoms with Gasteiger partial charge in [-0.15, -0.1) is 0 Å². The number of nitrogens with two attached hydrogens (primary N) is 1. The van der Waals surface area contributed by atoms with Crippen LogP contribution in [0.3, 0.4) is 0 Å². The molecule has 0 atom stereocenters. The van der Waals surface area contributed by atoms with Crippen LogP contribution in [0.4, 0.5) is 0 Å². The highest BCUT2D eigenvalue weighted by Crippen LogP contribution is 1.60. The third kappa shape index (κ3) is 269. The van der Waals surface area contributed by atoms with Crippen molar-refractivity contribution < 1.29 is 13.0 Å². The molecule has 0 aromatic carbocycles. The molecule has 0 saturated heterocycles. The Labute approximate surface area is 47.8 Å². The van der Waals surface area contributed by atoms with E-state index in [1.807, 2.05) is 0 Å². The van der Waals surface area contributed by atoms with Crippen LogP contribution in [0, 0.1) is 5.41 Å². The van der Waals surface area contributed by atoms with E-state index in [1.54, 1.807) is 0 Å². The van der Waals surface area contributed by atoms with Gasteiger partial charge in [0, 0.05) is 0 Å². The maximum Gasteiger partial charge on any atom is 0.261 e. The summed E-state index contributed by atoms with van der Waals surface area (Å²) in [5.74, 6) is 0. The van der Waals surface area contributed by atoms with Crippen molar-refractivity contribution >= 4 is 16.5 Å². The molecule has 0 bridgehead atoms. The SMILES string of the molecule is CS(=O)(=O)O.N=CN. The fourth-order valence-electron chi connectivity index (χ4n) is 0. The first-order valence-corrected chi connectivity index (χ1v) is 3.39. The van der Waals surface area contributed by atoms with E-state index < -0.39 is 10.1 Å². The van der Waals surface area contributed by atoms with E-state index in [4.69, 9.17) is 9.96 Å². The molecule has 0 aromatic rings. The van der Waals surface area contributed by atoms with Gasteiger partial charge in [0.25, 0.3) is 10.1 Å². The molecule has 50 valence electrons. The fraction of sp³-hybridized carbons (Fsp3) is 0.500. The topological polar surface area (TPSA) is 104 Å². The summed E-state index contributed by atoms with van der Waals surface area (Å²) >= 11 is 0. The molecule has 0 aliphatic rings. The van der Waals surface area contributed by atoms with Gasteiger partial charge in [0.2, 0.25) is 0 Å². The quantitative estimate of drug-likeness (QED) is 0.229. The largest absolute Gasteiger partial charge is 0.390 e. The van der Waals surface area contributed by atoms with Gasteiger partial charge >= 0.3 is 0 Å². The Balaban J connectivity index is 0. The van der Waals surface area contributed by atoms with Crippen molar-refractivity contribution in [2.45, 2.75) is 0 Å². The average molecular weight is 140 g/mol. The summed E-state index contributed by atoms with van der Waals surface area (Å²) in [7, 11) is -3.67. The molecular weight excluding hydrogens is 132 g/mol. The second-order valence-corrected chi connectivity index (χ2v) is 2.37. The highest BCUT2D eigenvalue weighted by molar-refractivity contribution is 7.85. The number of rotatable bonds is 0. The van der Waals surface area contributed by atoms with Crippen LogP contribution in [0.25, 0.3) is 0 Å². The van der Waals surface area contributed by atoms with Crippen LogP contribution < -0.4 is 5.73 Å². The average Bonchev–Trinajstić information content (AvgIpc) is 1.27. The zero-order chi connectivity index (χ0) is 7.21. The van der Waals surface area contributed by atoms with E-state index in [2.05, 4.69) is 5.73 Å². The predicted molar refractivity (Wildman–Crippen MR) is 30.4 cm³/mol. The molecule has 0 unspecified atom stereocenters. The molecule has 0 fully saturated rings. The van der Waals surface area contributed by atoms with Gasteiger partial charge in [-0.1, -0.05) is 0 Å². The van der Waals surface area contributed by atoms with Gasteiger partial charge in [0.15, 0.2) is 0 Å². The summed E-state index contributed by atoms with van der Waals surface area (Å²) in [6, 6.07) is 0. The summed E-state index contributed by atoms with van der Waals surface area (Å²) in [6.07, 6.45) is 1.47. The van der Waals surface area contributed by atoms with E-state index in [9.17, 15) is 8.42 Å². The van der Waals surface area contributed by atoms with E-state index in [0.29, 0.717) is 6.26 Å². The van der Waals surface area contributed by atoms with Crippen molar-refractivity contribution in [3.8, 4) is 0 Å². The first-order valence-electron chi connectivity index (χ1n) is 1.55. The van der Waals surface area contributed by atoms with E-state index >= 15 is 0 Å². The molecule has 0 rings (SSSR count). The molecule has 0 amide bonds. The predicted octanol–water partition coefficient (Wildman–Crippen LogP) is -0.944. The second-order valence-electron chi connectivity index (χ2n) is 0.900. The Hall–Kier alpha value is -0.620. The third-order valence-electron chi connectivity index (χ3n) is 0. The lowest BCUT2D eigenvalue weighted by Gasteiger charge is -1.69. The van der Waals surface area contributed by atoms with Gasteiger partial charge in [0.05, 0.1) is 12.6 Å². The summed E-state index contributed by atoms with van der Waals surface area (Å²) in [5, 5.41) is 5.86. The summed E-state index contributed by atoms with van der Waals surface area (Å²) in [6.45, 7) is 0. The van der Waals surface area contributed by atoms with Gasteiger partial charge in [-0.25, -0.2) is 0 Å². The molecule has 0 saturated carbocycles. The Morgan fingerprint density at radius 2 is 1.75 bits per heavy atom. The van der Waals surface area contributed by atoms with Crippen molar-refractivity contribution in [2.24, 2.45) is 5.73 Å². The van der Waals surface area contributed by atoms with Crippen molar-refractivity contribution in [1.29, 1.82) is 5.41 Å². The lowest BCUT2D eigenvalue weighted by Crippen LogP contribution is -1.88. The first kappa shape index (κ1) is 10.4. The van der Waals surface area contributed by atoms with E-state index in [0.717, 1.165) is 6.34 Å². The fourth-order valence-corrected chi connectivity index (χ4v) is 0. The Morgan fingerprint density at radius 3 is 1.75 bits per heavy atom. The molecule has 5 nitrogen and oxygen atoms in total. The standard InChI is InChI=1S/CH4N2.CH4O3S/c2-1-3;1-5(2,3)4/h1H,(H3,2,3);1H3,(H,2,3,4). The van der Waals surface area contributed by atoms with Crippen LogP contribution in [0.15, 0.2) is 0 Å². The van der Waals surface area contributed by atoms with Gasteiger partial charge in [-0.05, 0) is 0 Å². The summed E-state index contributed by atoms with van der Waals surface area (Å²) in [5.41, 5.74) is 4.39. The van der Waals surface area contributed by atoms with Gasteiger partial charge in [0.1, 0.15) is 0 Å². The zero-order valence-electron chi connectivity index (χ0n) is 4.33. The van der Waals surface area contributed by atoms with Crippen LogP contribution in [0.2, 0.25) is 0 Å². The van der Waals surface area contributed by atoms with Crippen molar-refractivity contribution in [3.63, 3.8) is 0 Å². The van der Waals surface area contributed by atoms with Crippen LogP contribution >= 0.6 is 0 Å². The summed E-state index contributed by atoms with van der Waals surface area (Å²) < 4.78 is 25.9. The number of hydrogen-bond donors (Lipinski definition) is 3. The maximum atomic E-state index is 9.19. The molecule has 4 N–H and O–H groups in total. The third-order valence-corrected chi connectivity index (χ3v) is 0. The monoisotopic (exact) mass is 140 g/mol. The van der Waals surface area contributed by atoms with Crippen LogP contribution in [-0.4, -0.2) is 25.6 Å². The Morgan fingerprint density at radius 1 is 1.75 bits per heavy atom. The second kappa shape index (κ2) is 4.54. The van der Waals surface area contributed by atoms with Crippen molar-refractivity contribution in [2.75, 3.05) is 6.26 Å². The molecule has 0 heterocycles. The minimum Gasteiger partial charge on any atom is -0.390 e. The van der Waals surface area contributed by atoms with Gasteiger partial charge in [-0.2, -0.15) is 8.42 Å². The minimum absolute atomic E-state index is 0.715. The van der Waals surface area contributed by atoms with Crippen molar-refractivity contribution in [3.05, 3.63) is 0 Å². The molecule has 0 aliphatic carbocycles. The maximum absolute atomic E-state index is 9.19. The normalized spacial score (nSPS) is 8.75. The van der Waals surface area contributed by atoms with E-state index in [1.165, 1.54) is 0 Å². The molecule has 6 heteroatoms. The van der Waals surface area contributed by atoms with E-state index in [-0.39, 0.29) is 0 Å². The Bertz CT molecular complexity index is 129. The van der Waals surface area contributed by atoms with Crippen LogP contribution in [0.5, 0.6) is 0 Å². The van der Waals surface area contributed by atoms with Gasteiger partial charge < -0.3 is 5.73 Å². The van der Waals surface area contributed by atoms with Crippen LogP contribution in [0.1, 0.15) is 0 Å².